The van der Waals surface area contributed by atoms with Gasteiger partial charge in [0, 0.05) is 11.6 Å². The van der Waals surface area contributed by atoms with Gasteiger partial charge in [0.1, 0.15) is 0 Å². The van der Waals surface area contributed by atoms with Crippen molar-refractivity contribution in [2.24, 2.45) is 0 Å². The summed E-state index contributed by atoms with van der Waals surface area (Å²) < 4.78 is 0. The summed E-state index contributed by atoms with van der Waals surface area (Å²) in [5.74, 6) is -1.14. The highest BCUT2D eigenvalue weighted by Crippen LogP contribution is 2.23. The van der Waals surface area contributed by atoms with E-state index in [9.17, 15) is 14.9 Å². The molecular weight excluding hydrogens is 210 g/mol. The summed E-state index contributed by atoms with van der Waals surface area (Å²) in [6.45, 7) is 7.05. The Morgan fingerprint density at radius 2 is 1.81 bits per heavy atom. The van der Waals surface area contributed by atoms with Gasteiger partial charge in [0.25, 0.3) is 5.69 Å². The molecule has 0 amide bonds. The third-order valence-corrected chi connectivity index (χ3v) is 2.06. The maximum Gasteiger partial charge on any atom is 0.336 e. The van der Waals surface area contributed by atoms with E-state index >= 15 is 0 Å². The zero-order chi connectivity index (χ0) is 12.9. The topological polar surface area (TPSA) is 80.4 Å². The standard InChI is InChI=1S/C9H9NO4.C2H6/c1-5-3-4-7(10(13)14)6(2)8(5)9(11)12;1-2/h3-4H,1-2H3,(H,11,12);1-2H3. The fourth-order valence-electron chi connectivity index (χ4n) is 1.36. The Morgan fingerprint density at radius 1 is 1.31 bits per heavy atom. The summed E-state index contributed by atoms with van der Waals surface area (Å²) >= 11 is 0. The highest BCUT2D eigenvalue weighted by Gasteiger charge is 2.19. The quantitative estimate of drug-likeness (QED) is 0.619. The maximum absolute atomic E-state index is 10.8. The van der Waals surface area contributed by atoms with E-state index in [4.69, 9.17) is 5.11 Å². The van der Waals surface area contributed by atoms with Crippen LogP contribution in [0.1, 0.15) is 35.3 Å². The van der Waals surface area contributed by atoms with Gasteiger partial charge >= 0.3 is 5.97 Å². The van der Waals surface area contributed by atoms with Crippen molar-refractivity contribution in [1.29, 1.82) is 0 Å². The molecule has 1 aromatic carbocycles. The van der Waals surface area contributed by atoms with Crippen LogP contribution >= 0.6 is 0 Å². The lowest BCUT2D eigenvalue weighted by Crippen LogP contribution is -2.05. The van der Waals surface area contributed by atoms with Crippen LogP contribution in [0.2, 0.25) is 0 Å². The van der Waals surface area contributed by atoms with E-state index in [2.05, 4.69) is 0 Å². The molecule has 1 rings (SSSR count). The number of nitro benzene ring substituents is 1. The summed E-state index contributed by atoms with van der Waals surface area (Å²) in [5, 5.41) is 19.4. The van der Waals surface area contributed by atoms with Crippen LogP contribution in [0.5, 0.6) is 0 Å². The molecule has 0 aliphatic rings. The van der Waals surface area contributed by atoms with Crippen LogP contribution in [-0.4, -0.2) is 16.0 Å². The van der Waals surface area contributed by atoms with Gasteiger partial charge in [0.2, 0.25) is 0 Å². The van der Waals surface area contributed by atoms with Gasteiger partial charge in [-0.25, -0.2) is 4.79 Å². The number of nitrogens with zero attached hydrogens (tertiary/aromatic N) is 1. The van der Waals surface area contributed by atoms with E-state index in [0.717, 1.165) is 0 Å². The summed E-state index contributed by atoms with van der Waals surface area (Å²) in [5.41, 5.74) is 0.579. The summed E-state index contributed by atoms with van der Waals surface area (Å²) in [7, 11) is 0. The largest absolute Gasteiger partial charge is 0.478 e. The molecule has 0 aromatic heterocycles. The highest BCUT2D eigenvalue weighted by atomic mass is 16.6. The first-order chi connectivity index (χ1) is 7.45. The van der Waals surface area contributed by atoms with E-state index in [1.54, 1.807) is 6.92 Å². The summed E-state index contributed by atoms with van der Waals surface area (Å²) in [6.07, 6.45) is 0. The van der Waals surface area contributed by atoms with Gasteiger partial charge in [-0.05, 0) is 19.4 Å². The number of hydrogen-bond acceptors (Lipinski definition) is 3. The minimum Gasteiger partial charge on any atom is -0.478 e. The van der Waals surface area contributed by atoms with Gasteiger partial charge in [-0.15, -0.1) is 0 Å². The molecule has 5 heteroatoms. The monoisotopic (exact) mass is 225 g/mol. The van der Waals surface area contributed by atoms with Crippen LogP contribution < -0.4 is 0 Å². The molecule has 1 aromatic rings. The molecule has 0 bridgehead atoms. The Balaban J connectivity index is 0.00000106. The van der Waals surface area contributed by atoms with Gasteiger partial charge < -0.3 is 5.11 Å². The van der Waals surface area contributed by atoms with Crippen molar-refractivity contribution in [3.05, 3.63) is 38.9 Å². The smallest absolute Gasteiger partial charge is 0.336 e. The second-order valence-corrected chi connectivity index (χ2v) is 2.96. The Morgan fingerprint density at radius 3 is 2.19 bits per heavy atom. The minimum absolute atomic E-state index is 0.0131. The van der Waals surface area contributed by atoms with Gasteiger partial charge in [-0.1, -0.05) is 19.9 Å². The lowest BCUT2D eigenvalue weighted by atomic mass is 10.0. The van der Waals surface area contributed by atoms with E-state index in [-0.39, 0.29) is 16.8 Å². The van der Waals surface area contributed by atoms with Gasteiger partial charge in [-0.2, -0.15) is 0 Å². The van der Waals surface area contributed by atoms with Gasteiger partial charge in [-0.3, -0.25) is 10.1 Å². The Hall–Kier alpha value is -1.91. The second-order valence-electron chi connectivity index (χ2n) is 2.96. The molecule has 0 heterocycles. The molecule has 0 aliphatic carbocycles. The molecule has 0 aliphatic heterocycles. The fraction of sp³-hybridized carbons (Fsp3) is 0.364. The molecule has 0 atom stereocenters. The van der Waals surface area contributed by atoms with Crippen molar-refractivity contribution in [1.82, 2.24) is 0 Å². The summed E-state index contributed by atoms with van der Waals surface area (Å²) in [6, 6.07) is 2.76. The third kappa shape index (κ3) is 2.79. The zero-order valence-electron chi connectivity index (χ0n) is 9.77. The number of aryl methyl sites for hydroxylation is 1. The predicted molar refractivity (Wildman–Crippen MR) is 60.9 cm³/mol. The number of carbonyl (C=O) groups is 1. The molecule has 0 spiro atoms. The van der Waals surface area contributed by atoms with Crippen molar-refractivity contribution in [3.8, 4) is 0 Å². The van der Waals surface area contributed by atoms with Crippen LogP contribution in [0.15, 0.2) is 12.1 Å². The predicted octanol–water partition coefficient (Wildman–Crippen LogP) is 2.94. The zero-order valence-corrected chi connectivity index (χ0v) is 9.77. The molecular formula is C11H15NO4. The van der Waals surface area contributed by atoms with Gasteiger partial charge in [0.05, 0.1) is 10.5 Å². The van der Waals surface area contributed by atoms with E-state index in [1.807, 2.05) is 13.8 Å². The molecule has 0 saturated carbocycles. The van der Waals surface area contributed by atoms with E-state index < -0.39 is 10.9 Å². The lowest BCUT2D eigenvalue weighted by Gasteiger charge is -2.04. The molecule has 5 nitrogen and oxygen atoms in total. The van der Waals surface area contributed by atoms with Crippen molar-refractivity contribution >= 4 is 11.7 Å². The average Bonchev–Trinajstić information content (AvgIpc) is 2.19. The van der Waals surface area contributed by atoms with Gasteiger partial charge in [0.15, 0.2) is 0 Å². The maximum atomic E-state index is 10.8. The lowest BCUT2D eigenvalue weighted by molar-refractivity contribution is -0.385. The third-order valence-electron chi connectivity index (χ3n) is 2.06. The molecule has 0 unspecified atom stereocenters. The van der Waals surface area contributed by atoms with Crippen molar-refractivity contribution < 1.29 is 14.8 Å². The van der Waals surface area contributed by atoms with Crippen LogP contribution in [0.25, 0.3) is 0 Å². The van der Waals surface area contributed by atoms with Crippen molar-refractivity contribution in [2.45, 2.75) is 27.7 Å². The number of rotatable bonds is 2. The van der Waals surface area contributed by atoms with E-state index in [1.165, 1.54) is 19.1 Å². The van der Waals surface area contributed by atoms with Crippen LogP contribution in [0.4, 0.5) is 5.69 Å². The number of benzene rings is 1. The molecule has 16 heavy (non-hydrogen) atoms. The second kappa shape index (κ2) is 5.85. The fourth-order valence-corrected chi connectivity index (χ4v) is 1.36. The number of carboxylic acid groups (broad SMARTS) is 1. The van der Waals surface area contributed by atoms with Crippen LogP contribution in [0.3, 0.4) is 0 Å². The average molecular weight is 225 g/mol. The number of carboxylic acids is 1. The van der Waals surface area contributed by atoms with Crippen LogP contribution in [-0.2, 0) is 0 Å². The molecule has 0 saturated heterocycles. The Bertz CT molecular complexity index is 413. The SMILES string of the molecule is CC.Cc1ccc([N+](=O)[O-])c(C)c1C(=O)O. The molecule has 0 radical (unpaired) electrons. The van der Waals surface area contributed by atoms with Crippen molar-refractivity contribution in [3.63, 3.8) is 0 Å². The molecule has 88 valence electrons. The van der Waals surface area contributed by atoms with E-state index in [0.29, 0.717) is 5.56 Å². The summed E-state index contributed by atoms with van der Waals surface area (Å²) in [4.78, 5) is 20.7. The number of hydrogen-bond donors (Lipinski definition) is 1. The minimum atomic E-state index is -1.14. The molecule has 1 N–H and O–H groups in total. The first kappa shape index (κ1) is 14.1. The Kier molecular flexibility index (Phi) is 5.15. The highest BCUT2D eigenvalue weighted by molar-refractivity contribution is 5.92. The first-order valence-electron chi connectivity index (χ1n) is 4.93. The number of aromatic carboxylic acids is 1. The van der Waals surface area contributed by atoms with Crippen molar-refractivity contribution in [2.75, 3.05) is 0 Å². The molecule has 0 fully saturated rings. The Labute approximate surface area is 93.9 Å². The van der Waals surface area contributed by atoms with Crippen LogP contribution in [0, 0.1) is 24.0 Å². The normalized spacial score (nSPS) is 9.00. The number of nitro groups is 1. The first-order valence-corrected chi connectivity index (χ1v) is 4.93.